The molecule has 1 aromatic rings. The number of aryl methyl sites for hydroxylation is 1. The minimum atomic E-state index is 0.477. The third kappa shape index (κ3) is 3.12. The monoisotopic (exact) mass is 268 g/mol. The molecule has 0 aromatic carbocycles. The van der Waals surface area contributed by atoms with Gasteiger partial charge in [-0.1, -0.05) is 6.92 Å². The van der Waals surface area contributed by atoms with Gasteiger partial charge in [0.15, 0.2) is 0 Å². The van der Waals surface area contributed by atoms with Crippen LogP contribution in [0.15, 0.2) is 6.20 Å². The molecule has 0 amide bonds. The van der Waals surface area contributed by atoms with E-state index in [-0.39, 0.29) is 0 Å². The topological polar surface area (TPSA) is 32.3 Å². The van der Waals surface area contributed by atoms with Gasteiger partial charge < -0.3 is 4.90 Å². The van der Waals surface area contributed by atoms with Gasteiger partial charge in [0.1, 0.15) is 11.6 Å². The molecule has 0 N–H and O–H groups in total. The van der Waals surface area contributed by atoms with Gasteiger partial charge in [0, 0.05) is 37.9 Å². The Bertz CT molecular complexity index is 389. The molecule has 1 aliphatic heterocycles. The normalized spacial score (nSPS) is 17.2. The van der Waals surface area contributed by atoms with Gasteiger partial charge in [-0.25, -0.2) is 9.97 Å². The second-order valence-corrected chi connectivity index (χ2v) is 5.00. The van der Waals surface area contributed by atoms with E-state index >= 15 is 0 Å². The molecule has 18 heavy (non-hydrogen) atoms. The predicted molar refractivity (Wildman–Crippen MR) is 75.3 cm³/mol. The zero-order valence-corrected chi connectivity index (χ0v) is 11.9. The number of nitrogens with zero attached hydrogens (tertiary/aromatic N) is 4. The summed E-state index contributed by atoms with van der Waals surface area (Å²) in [6, 6.07) is 0. The van der Waals surface area contributed by atoms with Crippen molar-refractivity contribution in [2.45, 2.75) is 26.1 Å². The first-order valence-corrected chi connectivity index (χ1v) is 7.13. The molecule has 2 rings (SSSR count). The third-order valence-corrected chi connectivity index (χ3v) is 3.61. The van der Waals surface area contributed by atoms with Crippen LogP contribution in [0.5, 0.6) is 0 Å². The molecule has 0 unspecified atom stereocenters. The van der Waals surface area contributed by atoms with E-state index in [1.54, 1.807) is 0 Å². The Balaban J connectivity index is 2.06. The summed E-state index contributed by atoms with van der Waals surface area (Å²) >= 11 is 5.96. The largest absolute Gasteiger partial charge is 0.354 e. The van der Waals surface area contributed by atoms with E-state index in [0.29, 0.717) is 5.88 Å². The zero-order valence-electron chi connectivity index (χ0n) is 11.2. The van der Waals surface area contributed by atoms with Crippen LogP contribution in [0.2, 0.25) is 0 Å². The summed E-state index contributed by atoms with van der Waals surface area (Å²) in [5.41, 5.74) is 1.03. The average Bonchev–Trinajstić information content (AvgIpc) is 2.40. The molecule has 1 saturated heterocycles. The summed E-state index contributed by atoms with van der Waals surface area (Å²) in [4.78, 5) is 13.6. The van der Waals surface area contributed by atoms with Crippen LogP contribution in [0, 0.1) is 6.92 Å². The fraction of sp³-hybridized carbons (Fsp3) is 0.692. The van der Waals surface area contributed by atoms with Crippen LogP contribution in [0.3, 0.4) is 0 Å². The molecule has 0 bridgehead atoms. The SMILES string of the molecule is CCCN1CCN(c2nc(C)ncc2CCl)CC1. The van der Waals surface area contributed by atoms with Crippen molar-refractivity contribution in [1.82, 2.24) is 14.9 Å². The van der Waals surface area contributed by atoms with E-state index in [1.807, 2.05) is 13.1 Å². The lowest BCUT2D eigenvalue weighted by Crippen LogP contribution is -2.47. The lowest BCUT2D eigenvalue weighted by atomic mass is 10.2. The Morgan fingerprint density at radius 3 is 2.61 bits per heavy atom. The summed E-state index contributed by atoms with van der Waals surface area (Å²) in [6.45, 7) is 9.62. The maximum Gasteiger partial charge on any atom is 0.136 e. The number of halogens is 1. The van der Waals surface area contributed by atoms with Crippen LogP contribution in [-0.4, -0.2) is 47.6 Å². The van der Waals surface area contributed by atoms with Gasteiger partial charge in [0.2, 0.25) is 0 Å². The Kier molecular flexibility index (Phi) is 4.78. The quantitative estimate of drug-likeness (QED) is 0.783. The molecular formula is C13H21ClN4. The van der Waals surface area contributed by atoms with Crippen molar-refractivity contribution in [3.05, 3.63) is 17.6 Å². The minimum Gasteiger partial charge on any atom is -0.354 e. The van der Waals surface area contributed by atoms with Gasteiger partial charge in [-0.05, 0) is 19.9 Å². The van der Waals surface area contributed by atoms with Gasteiger partial charge in [-0.3, -0.25) is 4.90 Å². The highest BCUT2D eigenvalue weighted by Gasteiger charge is 2.19. The van der Waals surface area contributed by atoms with Crippen LogP contribution in [0.1, 0.15) is 24.7 Å². The molecule has 0 saturated carbocycles. The number of anilines is 1. The second kappa shape index (κ2) is 6.34. The van der Waals surface area contributed by atoms with Crippen molar-refractivity contribution in [2.24, 2.45) is 0 Å². The lowest BCUT2D eigenvalue weighted by Gasteiger charge is -2.36. The van der Waals surface area contributed by atoms with Crippen molar-refractivity contribution in [1.29, 1.82) is 0 Å². The number of hydrogen-bond donors (Lipinski definition) is 0. The van der Waals surface area contributed by atoms with E-state index < -0.39 is 0 Å². The minimum absolute atomic E-state index is 0.477. The number of aromatic nitrogens is 2. The molecule has 0 atom stereocenters. The smallest absolute Gasteiger partial charge is 0.136 e. The number of rotatable bonds is 4. The van der Waals surface area contributed by atoms with Crippen LogP contribution in [-0.2, 0) is 5.88 Å². The van der Waals surface area contributed by atoms with Gasteiger partial charge in [0.05, 0.1) is 5.88 Å². The fourth-order valence-corrected chi connectivity index (χ4v) is 2.54. The molecule has 4 nitrogen and oxygen atoms in total. The molecule has 2 heterocycles. The molecular weight excluding hydrogens is 248 g/mol. The Hall–Kier alpha value is -0.870. The molecule has 0 aliphatic carbocycles. The van der Waals surface area contributed by atoms with Crippen molar-refractivity contribution in [3.63, 3.8) is 0 Å². The Labute approximate surface area is 114 Å². The summed E-state index contributed by atoms with van der Waals surface area (Å²) in [5, 5.41) is 0. The van der Waals surface area contributed by atoms with Crippen LogP contribution in [0.4, 0.5) is 5.82 Å². The first-order valence-electron chi connectivity index (χ1n) is 6.60. The maximum absolute atomic E-state index is 5.96. The van der Waals surface area contributed by atoms with E-state index in [0.717, 1.165) is 43.4 Å². The zero-order chi connectivity index (χ0) is 13.0. The number of alkyl halides is 1. The van der Waals surface area contributed by atoms with Crippen LogP contribution < -0.4 is 4.90 Å². The molecule has 1 aliphatic rings. The lowest BCUT2D eigenvalue weighted by molar-refractivity contribution is 0.258. The van der Waals surface area contributed by atoms with Crippen molar-refractivity contribution in [3.8, 4) is 0 Å². The number of piperazine rings is 1. The first-order chi connectivity index (χ1) is 8.74. The molecule has 100 valence electrons. The number of hydrogen-bond acceptors (Lipinski definition) is 4. The van der Waals surface area contributed by atoms with Gasteiger partial charge in [-0.15, -0.1) is 11.6 Å². The molecule has 1 aromatic heterocycles. The van der Waals surface area contributed by atoms with Gasteiger partial charge in [0.25, 0.3) is 0 Å². The average molecular weight is 269 g/mol. The standard InChI is InChI=1S/C13H21ClN4/c1-3-4-17-5-7-18(8-6-17)13-12(9-14)10-15-11(2)16-13/h10H,3-9H2,1-2H3. The van der Waals surface area contributed by atoms with Gasteiger partial charge in [-0.2, -0.15) is 0 Å². The molecule has 0 spiro atoms. The highest BCUT2D eigenvalue weighted by atomic mass is 35.5. The molecule has 0 radical (unpaired) electrons. The highest BCUT2D eigenvalue weighted by Crippen LogP contribution is 2.20. The van der Waals surface area contributed by atoms with Crippen LogP contribution in [0.25, 0.3) is 0 Å². The summed E-state index contributed by atoms with van der Waals surface area (Å²) in [6.07, 6.45) is 3.07. The summed E-state index contributed by atoms with van der Waals surface area (Å²) in [5.74, 6) is 2.31. The summed E-state index contributed by atoms with van der Waals surface area (Å²) < 4.78 is 0. The Morgan fingerprint density at radius 2 is 2.00 bits per heavy atom. The maximum atomic E-state index is 5.96. The van der Waals surface area contributed by atoms with Gasteiger partial charge >= 0.3 is 0 Å². The van der Waals surface area contributed by atoms with E-state index in [2.05, 4.69) is 26.7 Å². The van der Waals surface area contributed by atoms with Crippen molar-refractivity contribution in [2.75, 3.05) is 37.6 Å². The molecule has 5 heteroatoms. The van der Waals surface area contributed by atoms with E-state index in [1.165, 1.54) is 13.0 Å². The third-order valence-electron chi connectivity index (χ3n) is 3.32. The fourth-order valence-electron chi connectivity index (χ4n) is 2.35. The van der Waals surface area contributed by atoms with E-state index in [4.69, 9.17) is 11.6 Å². The predicted octanol–water partition coefficient (Wildman–Crippen LogP) is 2.06. The van der Waals surface area contributed by atoms with Crippen LogP contribution >= 0.6 is 11.6 Å². The second-order valence-electron chi connectivity index (χ2n) is 4.73. The van der Waals surface area contributed by atoms with Crippen molar-refractivity contribution < 1.29 is 0 Å². The Morgan fingerprint density at radius 1 is 1.28 bits per heavy atom. The summed E-state index contributed by atoms with van der Waals surface area (Å²) in [7, 11) is 0. The highest BCUT2D eigenvalue weighted by molar-refractivity contribution is 6.17. The first kappa shape index (κ1) is 13.6. The van der Waals surface area contributed by atoms with E-state index in [9.17, 15) is 0 Å². The van der Waals surface area contributed by atoms with Crippen molar-refractivity contribution >= 4 is 17.4 Å². The molecule has 1 fully saturated rings.